The quantitative estimate of drug-likeness (QED) is 0.213. The van der Waals surface area contributed by atoms with E-state index >= 15 is 0 Å². The predicted octanol–water partition coefficient (Wildman–Crippen LogP) is 3.92. The van der Waals surface area contributed by atoms with Crippen LogP contribution in [-0.4, -0.2) is 73.6 Å². The minimum absolute atomic E-state index is 0.000139. The van der Waals surface area contributed by atoms with E-state index in [4.69, 9.17) is 14.2 Å². The number of amides is 1. The second kappa shape index (κ2) is 14.8. The topological polar surface area (TPSA) is 132 Å². The molecular weight excluding hydrogens is 631 g/mol. The maximum absolute atomic E-state index is 14.0. The van der Waals surface area contributed by atoms with Crippen LogP contribution in [-0.2, 0) is 31.3 Å². The van der Waals surface area contributed by atoms with Gasteiger partial charge in [-0.05, 0) is 66.2 Å². The van der Waals surface area contributed by atoms with Crippen molar-refractivity contribution in [3.63, 3.8) is 0 Å². The van der Waals surface area contributed by atoms with Crippen LogP contribution in [0.2, 0.25) is 0 Å². The van der Waals surface area contributed by atoms with E-state index in [0.29, 0.717) is 37.8 Å². The molecule has 1 heterocycles. The molecule has 4 aromatic carbocycles. The molecule has 1 amide bonds. The van der Waals surface area contributed by atoms with E-state index in [1.807, 2.05) is 30.3 Å². The van der Waals surface area contributed by atoms with Gasteiger partial charge in [0.1, 0.15) is 18.1 Å². The first-order valence-corrected chi connectivity index (χ1v) is 17.5. The molecule has 242 valence electrons. The van der Waals surface area contributed by atoms with Crippen molar-refractivity contribution in [3.8, 4) is 11.5 Å². The van der Waals surface area contributed by atoms with Crippen LogP contribution in [0.1, 0.15) is 15.9 Å². The molecule has 1 saturated heterocycles. The number of sulfonamides is 2. The van der Waals surface area contributed by atoms with E-state index in [1.165, 1.54) is 40.0 Å². The van der Waals surface area contributed by atoms with E-state index in [0.717, 1.165) is 5.56 Å². The van der Waals surface area contributed by atoms with Crippen molar-refractivity contribution >= 4 is 31.6 Å². The Morgan fingerprint density at radius 3 is 2.09 bits per heavy atom. The summed E-state index contributed by atoms with van der Waals surface area (Å²) in [4.78, 5) is 13.6. The van der Waals surface area contributed by atoms with E-state index in [9.17, 15) is 21.6 Å². The molecule has 0 spiro atoms. The molecule has 4 aromatic rings. The van der Waals surface area contributed by atoms with Gasteiger partial charge in [0.05, 0.1) is 54.5 Å². The minimum Gasteiger partial charge on any atom is -0.497 e. The summed E-state index contributed by atoms with van der Waals surface area (Å²) >= 11 is 0. The first-order valence-electron chi connectivity index (χ1n) is 14.6. The van der Waals surface area contributed by atoms with Gasteiger partial charge in [0, 0.05) is 13.1 Å². The molecule has 1 aliphatic rings. The zero-order valence-electron chi connectivity index (χ0n) is 25.2. The number of ether oxygens (including phenoxy) is 3. The average Bonchev–Trinajstić information content (AvgIpc) is 3.10. The van der Waals surface area contributed by atoms with Gasteiger partial charge in [-0.25, -0.2) is 16.8 Å². The normalized spacial score (nSPS) is 13.9. The van der Waals surface area contributed by atoms with Gasteiger partial charge in [-0.2, -0.15) is 4.31 Å². The number of benzene rings is 4. The number of hydrogen-bond donors (Lipinski definition) is 1. The highest BCUT2D eigenvalue weighted by molar-refractivity contribution is 7.92. The maximum atomic E-state index is 14.0. The third-order valence-electron chi connectivity index (χ3n) is 7.32. The van der Waals surface area contributed by atoms with Gasteiger partial charge in [-0.3, -0.25) is 9.10 Å². The van der Waals surface area contributed by atoms with Crippen molar-refractivity contribution in [2.45, 2.75) is 16.3 Å². The first kappa shape index (κ1) is 32.9. The lowest BCUT2D eigenvalue weighted by Crippen LogP contribution is -2.40. The maximum Gasteiger partial charge on any atom is 0.264 e. The Morgan fingerprint density at radius 2 is 1.41 bits per heavy atom. The van der Waals surface area contributed by atoms with E-state index in [-0.39, 0.29) is 40.7 Å². The summed E-state index contributed by atoms with van der Waals surface area (Å²) in [5.74, 6) is 0.480. The molecule has 0 radical (unpaired) electrons. The van der Waals surface area contributed by atoms with Crippen LogP contribution in [0.25, 0.3) is 0 Å². The Labute approximate surface area is 269 Å². The van der Waals surface area contributed by atoms with Crippen LogP contribution in [0.5, 0.6) is 11.5 Å². The first-order chi connectivity index (χ1) is 22.2. The third-order valence-corrected chi connectivity index (χ3v) is 11.0. The van der Waals surface area contributed by atoms with Crippen molar-refractivity contribution in [1.29, 1.82) is 0 Å². The number of nitrogens with one attached hydrogen (secondary N) is 1. The zero-order chi connectivity index (χ0) is 32.6. The van der Waals surface area contributed by atoms with Gasteiger partial charge in [0.2, 0.25) is 10.0 Å². The summed E-state index contributed by atoms with van der Waals surface area (Å²) in [6.07, 6.45) is 0. The van der Waals surface area contributed by atoms with Crippen molar-refractivity contribution < 1.29 is 35.8 Å². The van der Waals surface area contributed by atoms with Crippen LogP contribution in [0.15, 0.2) is 113 Å². The van der Waals surface area contributed by atoms with Crippen molar-refractivity contribution in [3.05, 3.63) is 114 Å². The Hall–Kier alpha value is -4.43. The fraction of sp³-hybridized carbons (Fsp3) is 0.242. The van der Waals surface area contributed by atoms with Crippen LogP contribution >= 0.6 is 0 Å². The lowest BCUT2D eigenvalue weighted by atomic mass is 10.1. The number of carbonyl (C=O) groups excluding carboxylic acids is 1. The van der Waals surface area contributed by atoms with Gasteiger partial charge in [0.25, 0.3) is 15.9 Å². The molecule has 46 heavy (non-hydrogen) atoms. The number of hydrogen-bond acceptors (Lipinski definition) is 8. The standard InChI is InChI=1S/C33H35N3O8S2/c1-42-27-11-15-30(16-12-27)46(40,41)36(25-26-7-3-2-4-8-26)32-10-6-5-9-31(32)33(37)34-19-22-44-28-13-17-29(18-14-28)45(38,39)35-20-23-43-24-21-35/h2-18H,19-25H2,1H3,(H,34,37). The van der Waals surface area contributed by atoms with E-state index < -0.39 is 26.0 Å². The van der Waals surface area contributed by atoms with Gasteiger partial charge >= 0.3 is 0 Å². The van der Waals surface area contributed by atoms with Crippen LogP contribution in [0.4, 0.5) is 5.69 Å². The number of nitrogens with zero attached hydrogens (tertiary/aromatic N) is 2. The molecular formula is C33H35N3O8S2. The molecule has 5 rings (SSSR count). The number of rotatable bonds is 13. The summed E-state index contributed by atoms with van der Waals surface area (Å²) in [5, 5.41) is 2.80. The van der Waals surface area contributed by atoms with Gasteiger partial charge in [-0.15, -0.1) is 0 Å². The van der Waals surface area contributed by atoms with Gasteiger partial charge in [-0.1, -0.05) is 42.5 Å². The molecule has 13 heteroatoms. The molecule has 0 saturated carbocycles. The van der Waals surface area contributed by atoms with Crippen molar-refractivity contribution in [1.82, 2.24) is 9.62 Å². The summed E-state index contributed by atoms with van der Waals surface area (Å²) in [6, 6.07) is 27.8. The Balaban J connectivity index is 1.28. The summed E-state index contributed by atoms with van der Waals surface area (Å²) in [5.41, 5.74) is 1.14. The lowest BCUT2D eigenvalue weighted by Gasteiger charge is -2.26. The molecule has 0 aromatic heterocycles. The molecule has 11 nitrogen and oxygen atoms in total. The fourth-order valence-electron chi connectivity index (χ4n) is 4.88. The summed E-state index contributed by atoms with van der Waals surface area (Å²) in [6.45, 7) is 1.55. The van der Waals surface area contributed by atoms with Crippen LogP contribution in [0, 0.1) is 0 Å². The predicted molar refractivity (Wildman–Crippen MR) is 173 cm³/mol. The monoisotopic (exact) mass is 665 g/mol. The Kier molecular flexibility index (Phi) is 10.6. The molecule has 0 aliphatic carbocycles. The van der Waals surface area contributed by atoms with Gasteiger partial charge < -0.3 is 19.5 Å². The number of morpholine rings is 1. The molecule has 0 unspecified atom stereocenters. The fourth-order valence-corrected chi connectivity index (χ4v) is 7.76. The smallest absolute Gasteiger partial charge is 0.264 e. The van der Waals surface area contributed by atoms with Crippen molar-refractivity contribution in [2.24, 2.45) is 0 Å². The second-order valence-electron chi connectivity index (χ2n) is 10.3. The highest BCUT2D eigenvalue weighted by atomic mass is 32.2. The minimum atomic E-state index is -4.09. The Morgan fingerprint density at radius 1 is 0.804 bits per heavy atom. The highest BCUT2D eigenvalue weighted by Crippen LogP contribution is 2.30. The molecule has 1 aliphatic heterocycles. The summed E-state index contributed by atoms with van der Waals surface area (Å²) in [7, 11) is -6.21. The van der Waals surface area contributed by atoms with E-state index in [2.05, 4.69) is 5.32 Å². The third kappa shape index (κ3) is 7.68. The second-order valence-corrected chi connectivity index (χ2v) is 14.1. The number of carbonyl (C=O) groups is 1. The lowest BCUT2D eigenvalue weighted by molar-refractivity contribution is 0.0730. The number of methoxy groups -OCH3 is 1. The van der Waals surface area contributed by atoms with Crippen molar-refractivity contribution in [2.75, 3.05) is 50.9 Å². The van der Waals surface area contributed by atoms with Crippen LogP contribution < -0.4 is 19.1 Å². The molecule has 1 N–H and O–H groups in total. The Bertz CT molecular complexity index is 1830. The molecule has 0 bridgehead atoms. The SMILES string of the molecule is COc1ccc(S(=O)(=O)N(Cc2ccccc2)c2ccccc2C(=O)NCCOc2ccc(S(=O)(=O)N3CCOCC3)cc2)cc1. The average molecular weight is 666 g/mol. The van der Waals surface area contributed by atoms with E-state index in [1.54, 1.807) is 48.5 Å². The van der Waals surface area contributed by atoms with Gasteiger partial charge in [0.15, 0.2) is 0 Å². The van der Waals surface area contributed by atoms with Crippen LogP contribution in [0.3, 0.4) is 0 Å². The molecule has 0 atom stereocenters. The summed E-state index contributed by atoms with van der Waals surface area (Å²) < 4.78 is 72.5. The highest BCUT2D eigenvalue weighted by Gasteiger charge is 2.29. The zero-order valence-corrected chi connectivity index (χ0v) is 26.9. The number of para-hydroxylation sites is 1. The number of anilines is 1. The largest absolute Gasteiger partial charge is 0.497 e. The molecule has 1 fully saturated rings.